The predicted molar refractivity (Wildman–Crippen MR) is 85.6 cm³/mol. The molecule has 2 rings (SSSR count). The van der Waals surface area contributed by atoms with Crippen molar-refractivity contribution in [2.24, 2.45) is 0 Å². The molecule has 0 aliphatic carbocycles. The van der Waals surface area contributed by atoms with Crippen LogP contribution in [0.5, 0.6) is 5.75 Å². The summed E-state index contributed by atoms with van der Waals surface area (Å²) in [6, 6.07) is 5.04. The van der Waals surface area contributed by atoms with Gasteiger partial charge in [0.1, 0.15) is 10.6 Å². The number of esters is 1. The molecule has 24 heavy (non-hydrogen) atoms. The van der Waals surface area contributed by atoms with E-state index in [1.807, 2.05) is 0 Å². The number of ether oxygens (including phenoxy) is 2. The van der Waals surface area contributed by atoms with Gasteiger partial charge in [0.2, 0.25) is 0 Å². The lowest BCUT2D eigenvalue weighted by Crippen LogP contribution is -2.16. The monoisotopic (exact) mass is 351 g/mol. The lowest BCUT2D eigenvalue weighted by atomic mass is 10.3. The SMILES string of the molecule is CCOC(=O)c1sc(NC(=O)Oc2ccc([N+](=O)[O-])cc2)nc1C. The zero-order valence-corrected chi connectivity index (χ0v) is 13.6. The minimum Gasteiger partial charge on any atom is -0.462 e. The van der Waals surface area contributed by atoms with Crippen molar-refractivity contribution < 1.29 is 24.0 Å². The summed E-state index contributed by atoms with van der Waals surface area (Å²) in [5.74, 6) is -0.374. The Morgan fingerprint density at radius 1 is 1.33 bits per heavy atom. The van der Waals surface area contributed by atoms with Crippen LogP contribution in [0.1, 0.15) is 22.3 Å². The summed E-state index contributed by atoms with van der Waals surface area (Å²) in [6.07, 6.45) is -0.826. The molecule has 0 saturated carbocycles. The minimum absolute atomic E-state index is 0.114. The van der Waals surface area contributed by atoms with Crippen molar-refractivity contribution in [2.45, 2.75) is 13.8 Å². The Morgan fingerprint density at radius 2 is 2.00 bits per heavy atom. The molecular formula is C14H13N3O6S. The molecule has 0 radical (unpaired) electrons. The molecular weight excluding hydrogens is 338 g/mol. The molecule has 2 aromatic rings. The molecule has 0 saturated heterocycles. The van der Waals surface area contributed by atoms with Crippen LogP contribution in [0, 0.1) is 17.0 Å². The van der Waals surface area contributed by atoms with E-state index >= 15 is 0 Å². The summed E-state index contributed by atoms with van der Waals surface area (Å²) in [5.41, 5.74) is 0.321. The van der Waals surface area contributed by atoms with E-state index in [9.17, 15) is 19.7 Å². The maximum Gasteiger partial charge on any atom is 0.418 e. The Morgan fingerprint density at radius 3 is 2.58 bits per heavy atom. The molecule has 0 unspecified atom stereocenters. The van der Waals surface area contributed by atoms with Crippen molar-refractivity contribution >= 4 is 34.2 Å². The van der Waals surface area contributed by atoms with E-state index in [4.69, 9.17) is 9.47 Å². The van der Waals surface area contributed by atoms with Gasteiger partial charge in [-0.05, 0) is 26.0 Å². The van der Waals surface area contributed by atoms with Gasteiger partial charge in [0.05, 0.1) is 17.2 Å². The molecule has 126 valence electrons. The average Bonchev–Trinajstić information content (AvgIpc) is 2.88. The zero-order chi connectivity index (χ0) is 17.7. The molecule has 1 amide bonds. The topological polar surface area (TPSA) is 121 Å². The van der Waals surface area contributed by atoms with E-state index in [0.29, 0.717) is 10.6 Å². The summed E-state index contributed by atoms with van der Waals surface area (Å²) < 4.78 is 9.87. The molecule has 1 heterocycles. The molecule has 0 aliphatic heterocycles. The Bertz CT molecular complexity index is 771. The van der Waals surface area contributed by atoms with E-state index < -0.39 is 17.0 Å². The second-order valence-corrected chi connectivity index (χ2v) is 5.42. The molecule has 9 nitrogen and oxygen atoms in total. The molecule has 0 spiro atoms. The first-order valence-corrected chi connectivity index (χ1v) is 7.60. The number of thiazole rings is 1. The first-order chi connectivity index (χ1) is 11.4. The summed E-state index contributed by atoms with van der Waals surface area (Å²) in [7, 11) is 0. The summed E-state index contributed by atoms with van der Waals surface area (Å²) in [4.78, 5) is 37.8. The largest absolute Gasteiger partial charge is 0.462 e. The van der Waals surface area contributed by atoms with E-state index in [1.165, 1.54) is 24.3 Å². The number of aromatic nitrogens is 1. The number of aryl methyl sites for hydroxylation is 1. The number of carbonyl (C=O) groups is 2. The molecule has 1 N–H and O–H groups in total. The molecule has 0 fully saturated rings. The summed E-state index contributed by atoms with van der Waals surface area (Å²) in [6.45, 7) is 3.55. The first-order valence-electron chi connectivity index (χ1n) is 6.78. The van der Waals surface area contributed by atoms with Crippen LogP contribution < -0.4 is 10.1 Å². The highest BCUT2D eigenvalue weighted by Crippen LogP contribution is 2.24. The highest BCUT2D eigenvalue weighted by molar-refractivity contribution is 7.17. The molecule has 1 aromatic heterocycles. The highest BCUT2D eigenvalue weighted by Gasteiger charge is 2.18. The number of benzene rings is 1. The quantitative estimate of drug-likeness (QED) is 0.499. The molecule has 1 aromatic carbocycles. The third kappa shape index (κ3) is 4.26. The van der Waals surface area contributed by atoms with E-state index in [-0.39, 0.29) is 23.2 Å². The molecule has 0 atom stereocenters. The lowest BCUT2D eigenvalue weighted by Gasteiger charge is -2.03. The maximum atomic E-state index is 11.8. The van der Waals surface area contributed by atoms with Gasteiger partial charge in [0.25, 0.3) is 5.69 Å². The number of hydrogen-bond donors (Lipinski definition) is 1. The molecule has 0 aliphatic rings. The highest BCUT2D eigenvalue weighted by atomic mass is 32.1. The van der Waals surface area contributed by atoms with Gasteiger partial charge in [-0.2, -0.15) is 0 Å². The molecule has 10 heteroatoms. The smallest absolute Gasteiger partial charge is 0.418 e. The van der Waals surface area contributed by atoms with Crippen molar-refractivity contribution in [1.82, 2.24) is 4.98 Å². The van der Waals surface area contributed by atoms with Crippen molar-refractivity contribution in [2.75, 3.05) is 11.9 Å². The number of nitro benzene ring substituents is 1. The standard InChI is InChI=1S/C14H13N3O6S/c1-3-22-12(18)11-8(2)15-13(24-11)16-14(19)23-10-6-4-9(5-7-10)17(20)21/h4-7H,3H2,1-2H3,(H,15,16,19). The Balaban J connectivity index is 2.01. The van der Waals surface area contributed by atoms with Crippen LogP contribution in [-0.4, -0.2) is 28.6 Å². The van der Waals surface area contributed by atoms with Crippen molar-refractivity contribution in [1.29, 1.82) is 0 Å². The van der Waals surface area contributed by atoms with Gasteiger partial charge in [-0.25, -0.2) is 14.6 Å². The van der Waals surface area contributed by atoms with Gasteiger partial charge >= 0.3 is 12.1 Å². The van der Waals surface area contributed by atoms with Gasteiger partial charge in [-0.3, -0.25) is 15.4 Å². The lowest BCUT2D eigenvalue weighted by molar-refractivity contribution is -0.384. The van der Waals surface area contributed by atoms with Gasteiger partial charge in [-0.1, -0.05) is 11.3 Å². The number of rotatable bonds is 5. The van der Waals surface area contributed by atoms with Gasteiger partial charge in [0, 0.05) is 12.1 Å². The number of amides is 1. The van der Waals surface area contributed by atoms with Crippen LogP contribution >= 0.6 is 11.3 Å². The second-order valence-electron chi connectivity index (χ2n) is 4.42. The number of anilines is 1. The first kappa shape index (κ1) is 17.3. The van der Waals surface area contributed by atoms with Crippen LogP contribution in [0.25, 0.3) is 0 Å². The van der Waals surface area contributed by atoms with Crippen molar-refractivity contribution in [3.63, 3.8) is 0 Å². The summed E-state index contributed by atoms with van der Waals surface area (Å²) >= 11 is 0.966. The van der Waals surface area contributed by atoms with Gasteiger partial charge < -0.3 is 9.47 Å². The number of nitrogens with one attached hydrogen (secondary N) is 1. The average molecular weight is 351 g/mol. The van der Waals surface area contributed by atoms with Crippen LogP contribution in [0.2, 0.25) is 0 Å². The third-order valence-corrected chi connectivity index (χ3v) is 3.78. The predicted octanol–water partition coefficient (Wildman–Crippen LogP) is 3.15. The number of nitro groups is 1. The Kier molecular flexibility index (Phi) is 5.42. The van der Waals surface area contributed by atoms with E-state index in [0.717, 1.165) is 11.3 Å². The van der Waals surface area contributed by atoms with Gasteiger partial charge in [-0.15, -0.1) is 0 Å². The normalized spacial score (nSPS) is 10.1. The van der Waals surface area contributed by atoms with Crippen LogP contribution in [-0.2, 0) is 4.74 Å². The minimum atomic E-state index is -0.826. The number of hydrogen-bond acceptors (Lipinski definition) is 8. The Labute approximate surface area is 140 Å². The number of carbonyl (C=O) groups excluding carboxylic acids is 2. The molecule has 0 bridgehead atoms. The zero-order valence-electron chi connectivity index (χ0n) is 12.8. The number of nitrogens with zero attached hydrogens (tertiary/aromatic N) is 2. The fourth-order valence-electron chi connectivity index (χ4n) is 1.69. The third-order valence-electron chi connectivity index (χ3n) is 2.72. The summed E-state index contributed by atoms with van der Waals surface area (Å²) in [5, 5.41) is 13.1. The van der Waals surface area contributed by atoms with Crippen molar-refractivity contribution in [3.05, 3.63) is 45.0 Å². The maximum absolute atomic E-state index is 11.8. The van der Waals surface area contributed by atoms with Gasteiger partial charge in [0.15, 0.2) is 5.13 Å². The van der Waals surface area contributed by atoms with E-state index in [1.54, 1.807) is 13.8 Å². The van der Waals surface area contributed by atoms with Crippen molar-refractivity contribution in [3.8, 4) is 5.75 Å². The fourth-order valence-corrected chi connectivity index (χ4v) is 2.54. The second kappa shape index (κ2) is 7.51. The van der Waals surface area contributed by atoms with Crippen LogP contribution in [0.3, 0.4) is 0 Å². The van der Waals surface area contributed by atoms with E-state index in [2.05, 4.69) is 10.3 Å². The Hall–Kier alpha value is -3.01. The van der Waals surface area contributed by atoms with Crippen LogP contribution in [0.4, 0.5) is 15.6 Å². The van der Waals surface area contributed by atoms with Crippen LogP contribution in [0.15, 0.2) is 24.3 Å². The number of non-ortho nitro benzene ring substituents is 1. The fraction of sp³-hybridized carbons (Fsp3) is 0.214.